The SMILES string of the molecule is Cl.NCCNC(=O)C1CCCN(S(=O)(=O)c2cccc3cnccc23)C1. The van der Waals surface area contributed by atoms with Gasteiger partial charge in [0.15, 0.2) is 0 Å². The number of carbonyl (C=O) groups excluding carboxylic acids is 1. The Morgan fingerprint density at radius 3 is 2.92 bits per heavy atom. The summed E-state index contributed by atoms with van der Waals surface area (Å²) in [7, 11) is -3.67. The average Bonchev–Trinajstić information content (AvgIpc) is 2.65. The molecule has 1 aromatic heterocycles. The van der Waals surface area contributed by atoms with Crippen molar-refractivity contribution in [2.75, 3.05) is 26.2 Å². The van der Waals surface area contributed by atoms with Gasteiger partial charge in [0, 0.05) is 49.3 Å². The van der Waals surface area contributed by atoms with E-state index in [-0.39, 0.29) is 35.7 Å². The van der Waals surface area contributed by atoms with Gasteiger partial charge in [0.1, 0.15) is 0 Å². The van der Waals surface area contributed by atoms with E-state index in [4.69, 9.17) is 5.73 Å². The van der Waals surface area contributed by atoms with Gasteiger partial charge in [-0.25, -0.2) is 8.42 Å². The van der Waals surface area contributed by atoms with Crippen LogP contribution in [0.5, 0.6) is 0 Å². The molecule has 0 spiro atoms. The Labute approximate surface area is 159 Å². The zero-order chi connectivity index (χ0) is 17.9. The van der Waals surface area contributed by atoms with E-state index in [1.165, 1.54) is 4.31 Å². The van der Waals surface area contributed by atoms with E-state index < -0.39 is 10.0 Å². The van der Waals surface area contributed by atoms with Crippen LogP contribution in [0.15, 0.2) is 41.6 Å². The van der Waals surface area contributed by atoms with Crippen molar-refractivity contribution in [1.29, 1.82) is 0 Å². The van der Waals surface area contributed by atoms with Crippen molar-refractivity contribution in [3.8, 4) is 0 Å². The van der Waals surface area contributed by atoms with Crippen LogP contribution < -0.4 is 11.1 Å². The first-order valence-electron chi connectivity index (χ1n) is 8.34. The van der Waals surface area contributed by atoms with Gasteiger partial charge in [-0.1, -0.05) is 12.1 Å². The summed E-state index contributed by atoms with van der Waals surface area (Å²) in [6.45, 7) is 1.38. The molecule has 0 bridgehead atoms. The number of nitrogens with zero attached hydrogens (tertiary/aromatic N) is 2. The van der Waals surface area contributed by atoms with E-state index in [0.717, 1.165) is 5.39 Å². The minimum absolute atomic E-state index is 0. The van der Waals surface area contributed by atoms with Crippen LogP contribution in [0.4, 0.5) is 0 Å². The van der Waals surface area contributed by atoms with E-state index >= 15 is 0 Å². The van der Waals surface area contributed by atoms with Gasteiger partial charge in [0.05, 0.1) is 10.8 Å². The third-order valence-corrected chi connectivity index (χ3v) is 6.38. The highest BCUT2D eigenvalue weighted by Gasteiger charge is 2.33. The lowest BCUT2D eigenvalue weighted by molar-refractivity contribution is -0.126. The zero-order valence-electron chi connectivity index (χ0n) is 14.3. The van der Waals surface area contributed by atoms with Gasteiger partial charge >= 0.3 is 0 Å². The fourth-order valence-corrected chi connectivity index (χ4v) is 4.91. The second-order valence-corrected chi connectivity index (χ2v) is 8.04. The molecule has 9 heteroatoms. The number of nitrogens with one attached hydrogen (secondary N) is 1. The van der Waals surface area contributed by atoms with Crippen molar-refractivity contribution < 1.29 is 13.2 Å². The first kappa shape index (κ1) is 20.6. The van der Waals surface area contributed by atoms with Gasteiger partial charge in [-0.05, 0) is 25.0 Å². The Balaban J connectivity index is 0.00000243. The number of nitrogens with two attached hydrogens (primary N) is 1. The fraction of sp³-hybridized carbons (Fsp3) is 0.412. The van der Waals surface area contributed by atoms with Crippen LogP contribution in [-0.4, -0.2) is 49.8 Å². The Bertz CT molecular complexity index is 870. The lowest BCUT2D eigenvalue weighted by Crippen LogP contribution is -2.46. The van der Waals surface area contributed by atoms with Crippen molar-refractivity contribution in [3.63, 3.8) is 0 Å². The molecule has 1 amide bonds. The minimum Gasteiger partial charge on any atom is -0.355 e. The molecule has 3 N–H and O–H groups in total. The molecule has 0 aliphatic carbocycles. The lowest BCUT2D eigenvalue weighted by atomic mass is 9.99. The summed E-state index contributed by atoms with van der Waals surface area (Å²) in [6.07, 6.45) is 4.57. The standard InChI is InChI=1S/C17H22N4O3S.ClH/c18-7-9-20-17(22)14-4-2-10-21(12-14)25(23,24)16-5-1-3-13-11-19-8-6-15(13)16;/h1,3,5-6,8,11,14H,2,4,7,9-10,12,18H2,(H,20,22);1H. The molecule has 1 unspecified atom stereocenters. The number of amides is 1. The minimum atomic E-state index is -3.67. The van der Waals surface area contributed by atoms with Gasteiger partial charge in [0.2, 0.25) is 15.9 Å². The number of hydrogen-bond acceptors (Lipinski definition) is 5. The highest BCUT2D eigenvalue weighted by Crippen LogP contribution is 2.28. The average molecular weight is 399 g/mol. The van der Waals surface area contributed by atoms with Crippen molar-refractivity contribution >= 4 is 39.1 Å². The number of halogens is 1. The summed E-state index contributed by atoms with van der Waals surface area (Å²) in [6, 6.07) is 6.86. The van der Waals surface area contributed by atoms with E-state index in [1.807, 2.05) is 6.07 Å². The Morgan fingerprint density at radius 2 is 2.15 bits per heavy atom. The van der Waals surface area contributed by atoms with Crippen LogP contribution in [0.1, 0.15) is 12.8 Å². The molecule has 142 valence electrons. The summed E-state index contributed by atoms with van der Waals surface area (Å²) in [5.74, 6) is -0.473. The monoisotopic (exact) mass is 398 g/mol. The van der Waals surface area contributed by atoms with Crippen LogP contribution in [0, 0.1) is 5.92 Å². The quantitative estimate of drug-likeness (QED) is 0.785. The largest absolute Gasteiger partial charge is 0.355 e. The Morgan fingerprint density at radius 1 is 1.35 bits per heavy atom. The van der Waals surface area contributed by atoms with E-state index in [0.29, 0.717) is 37.9 Å². The smallest absolute Gasteiger partial charge is 0.243 e. The van der Waals surface area contributed by atoms with Gasteiger partial charge in [-0.3, -0.25) is 9.78 Å². The molecule has 2 heterocycles. The number of benzene rings is 1. The predicted octanol–water partition coefficient (Wildman–Crippen LogP) is 1.13. The number of hydrogen-bond donors (Lipinski definition) is 2. The van der Waals surface area contributed by atoms with Crippen molar-refractivity contribution in [2.24, 2.45) is 11.7 Å². The van der Waals surface area contributed by atoms with Crippen LogP contribution in [0.2, 0.25) is 0 Å². The number of fused-ring (bicyclic) bond motifs is 1. The Kier molecular flexibility index (Phi) is 6.94. The lowest BCUT2D eigenvalue weighted by Gasteiger charge is -2.31. The Hall–Kier alpha value is -1.74. The molecular weight excluding hydrogens is 376 g/mol. The second-order valence-electron chi connectivity index (χ2n) is 6.13. The van der Waals surface area contributed by atoms with Crippen molar-refractivity contribution in [1.82, 2.24) is 14.6 Å². The summed E-state index contributed by atoms with van der Waals surface area (Å²) in [5.41, 5.74) is 5.41. The summed E-state index contributed by atoms with van der Waals surface area (Å²) in [5, 5.41) is 4.17. The molecule has 0 saturated carbocycles. The molecule has 1 fully saturated rings. The molecule has 1 aliphatic rings. The van der Waals surface area contributed by atoms with E-state index in [9.17, 15) is 13.2 Å². The van der Waals surface area contributed by atoms with Crippen LogP contribution in [-0.2, 0) is 14.8 Å². The molecule has 7 nitrogen and oxygen atoms in total. The molecule has 1 atom stereocenters. The first-order chi connectivity index (χ1) is 12.0. The topological polar surface area (TPSA) is 105 Å². The van der Waals surface area contributed by atoms with Crippen LogP contribution in [0.3, 0.4) is 0 Å². The van der Waals surface area contributed by atoms with Crippen LogP contribution in [0.25, 0.3) is 10.8 Å². The highest BCUT2D eigenvalue weighted by atomic mass is 35.5. The molecule has 26 heavy (non-hydrogen) atoms. The second kappa shape index (κ2) is 8.77. The molecule has 2 aromatic rings. The molecule has 3 rings (SSSR count). The highest BCUT2D eigenvalue weighted by molar-refractivity contribution is 7.89. The van der Waals surface area contributed by atoms with Crippen molar-refractivity contribution in [3.05, 3.63) is 36.7 Å². The third-order valence-electron chi connectivity index (χ3n) is 4.46. The van der Waals surface area contributed by atoms with Gasteiger partial charge in [-0.15, -0.1) is 12.4 Å². The van der Waals surface area contributed by atoms with Crippen molar-refractivity contribution in [2.45, 2.75) is 17.7 Å². The predicted molar refractivity (Wildman–Crippen MR) is 103 cm³/mol. The first-order valence-corrected chi connectivity index (χ1v) is 9.78. The number of rotatable bonds is 5. The number of sulfonamides is 1. The molecule has 0 radical (unpaired) electrons. The summed E-state index contributed by atoms with van der Waals surface area (Å²) in [4.78, 5) is 16.5. The number of piperidine rings is 1. The van der Waals surface area contributed by atoms with Gasteiger partial charge in [-0.2, -0.15) is 4.31 Å². The number of aromatic nitrogens is 1. The zero-order valence-corrected chi connectivity index (χ0v) is 15.9. The summed E-state index contributed by atoms with van der Waals surface area (Å²) < 4.78 is 27.7. The fourth-order valence-electron chi connectivity index (χ4n) is 3.17. The summed E-state index contributed by atoms with van der Waals surface area (Å²) >= 11 is 0. The van der Waals surface area contributed by atoms with Gasteiger partial charge in [0.25, 0.3) is 0 Å². The molecule has 1 aliphatic heterocycles. The van der Waals surface area contributed by atoms with Crippen LogP contribution >= 0.6 is 12.4 Å². The van der Waals surface area contributed by atoms with E-state index in [2.05, 4.69) is 10.3 Å². The maximum Gasteiger partial charge on any atom is 0.243 e. The molecule has 1 aromatic carbocycles. The number of carbonyl (C=O) groups is 1. The third kappa shape index (κ3) is 4.15. The maximum absolute atomic E-state index is 13.1. The van der Waals surface area contributed by atoms with Gasteiger partial charge < -0.3 is 11.1 Å². The molecular formula is C17H23ClN4O3S. The normalized spacial score (nSPS) is 18.3. The molecule has 1 saturated heterocycles. The number of pyridine rings is 1. The van der Waals surface area contributed by atoms with E-state index in [1.54, 1.807) is 30.6 Å². The maximum atomic E-state index is 13.1.